The third-order valence-electron chi connectivity index (χ3n) is 1.64. The number of carboxylic acids is 1. The van der Waals surface area contributed by atoms with Gasteiger partial charge in [0.1, 0.15) is 12.1 Å². The topological polar surface area (TPSA) is 139 Å². The largest absolute Gasteiger partial charge is 0.480 e. The van der Waals surface area contributed by atoms with Crippen LogP contribution in [0.15, 0.2) is 0 Å². The first-order chi connectivity index (χ1) is 6.36. The van der Waals surface area contributed by atoms with E-state index in [1.54, 1.807) is 0 Å². The Kier molecular flexibility index (Phi) is 5.06. The number of aliphatic hydroxyl groups excluding tert-OH is 1. The van der Waals surface area contributed by atoms with E-state index in [1.165, 1.54) is 6.92 Å². The molecule has 0 radical (unpaired) electrons. The Morgan fingerprint density at radius 1 is 1.43 bits per heavy atom. The zero-order valence-corrected chi connectivity index (χ0v) is 7.80. The summed E-state index contributed by atoms with van der Waals surface area (Å²) in [4.78, 5) is 21.3. The van der Waals surface area contributed by atoms with Crippen molar-refractivity contribution in [3.8, 4) is 0 Å². The van der Waals surface area contributed by atoms with E-state index >= 15 is 0 Å². The molecular formula is C7H15N3O4. The second-order valence-electron chi connectivity index (χ2n) is 2.96. The first kappa shape index (κ1) is 12.8. The minimum Gasteiger partial charge on any atom is -0.480 e. The van der Waals surface area contributed by atoms with Gasteiger partial charge in [0.15, 0.2) is 0 Å². The van der Waals surface area contributed by atoms with Gasteiger partial charge >= 0.3 is 5.97 Å². The van der Waals surface area contributed by atoms with Gasteiger partial charge in [0, 0.05) is 6.54 Å². The molecular weight excluding hydrogens is 190 g/mol. The average molecular weight is 205 g/mol. The Balaban J connectivity index is 3.91. The number of carbonyl (C=O) groups is 2. The van der Waals surface area contributed by atoms with Crippen LogP contribution >= 0.6 is 0 Å². The van der Waals surface area contributed by atoms with E-state index in [4.69, 9.17) is 21.7 Å². The van der Waals surface area contributed by atoms with Crippen molar-refractivity contribution in [1.82, 2.24) is 5.32 Å². The van der Waals surface area contributed by atoms with Crippen molar-refractivity contribution in [3.63, 3.8) is 0 Å². The van der Waals surface area contributed by atoms with Crippen LogP contribution in [0.2, 0.25) is 0 Å². The number of carbonyl (C=O) groups excluding carboxylic acids is 1. The van der Waals surface area contributed by atoms with E-state index in [2.05, 4.69) is 5.32 Å². The van der Waals surface area contributed by atoms with E-state index in [0.29, 0.717) is 0 Å². The first-order valence-electron chi connectivity index (χ1n) is 4.06. The lowest BCUT2D eigenvalue weighted by atomic mass is 10.2. The molecule has 7 N–H and O–H groups in total. The summed E-state index contributed by atoms with van der Waals surface area (Å²) in [6.45, 7) is 1.15. The van der Waals surface area contributed by atoms with Crippen LogP contribution in [0.5, 0.6) is 0 Å². The van der Waals surface area contributed by atoms with E-state index in [0.717, 1.165) is 0 Å². The number of amides is 1. The molecule has 1 amide bonds. The van der Waals surface area contributed by atoms with Crippen molar-refractivity contribution < 1.29 is 19.8 Å². The molecule has 0 aliphatic carbocycles. The van der Waals surface area contributed by atoms with Crippen LogP contribution in [0.4, 0.5) is 0 Å². The fraction of sp³-hybridized carbons (Fsp3) is 0.714. The number of aliphatic carboxylic acids is 1. The van der Waals surface area contributed by atoms with Crippen LogP contribution in [0.25, 0.3) is 0 Å². The predicted octanol–water partition coefficient (Wildman–Crippen LogP) is -2.78. The predicted molar refractivity (Wildman–Crippen MR) is 48.3 cm³/mol. The number of hydrogen-bond donors (Lipinski definition) is 5. The highest BCUT2D eigenvalue weighted by molar-refractivity contribution is 5.83. The molecule has 0 saturated carbocycles. The number of carboxylic acid groups (broad SMARTS) is 1. The van der Waals surface area contributed by atoms with Gasteiger partial charge < -0.3 is 27.0 Å². The Hall–Kier alpha value is -1.18. The Labute approximate surface area is 81.1 Å². The maximum absolute atomic E-state index is 11.1. The van der Waals surface area contributed by atoms with Gasteiger partial charge in [0.05, 0.1) is 6.10 Å². The summed E-state index contributed by atoms with van der Waals surface area (Å²) in [7, 11) is 0. The summed E-state index contributed by atoms with van der Waals surface area (Å²) in [5.41, 5.74) is 10.4. The standard InChI is InChI=1S/C7H15N3O4/c1-3(11)5(9)6(12)10-2-4(8)7(13)14/h3-5,11H,2,8-9H2,1H3,(H,10,12)(H,13,14)/t3-,4?,5+/m1/s1. The summed E-state index contributed by atoms with van der Waals surface area (Å²) >= 11 is 0. The Morgan fingerprint density at radius 3 is 2.29 bits per heavy atom. The molecule has 3 atom stereocenters. The van der Waals surface area contributed by atoms with E-state index in [9.17, 15) is 9.59 Å². The smallest absolute Gasteiger partial charge is 0.322 e. The molecule has 7 nitrogen and oxygen atoms in total. The Morgan fingerprint density at radius 2 is 1.93 bits per heavy atom. The summed E-state index contributed by atoms with van der Waals surface area (Å²) in [5.74, 6) is -1.84. The third kappa shape index (κ3) is 4.17. The molecule has 0 aromatic heterocycles. The molecule has 0 heterocycles. The molecule has 0 aliphatic heterocycles. The normalized spacial score (nSPS) is 16.9. The number of nitrogens with two attached hydrogens (primary N) is 2. The highest BCUT2D eigenvalue weighted by Crippen LogP contribution is 1.88. The number of rotatable bonds is 5. The maximum Gasteiger partial charge on any atom is 0.322 e. The van der Waals surface area contributed by atoms with Crippen molar-refractivity contribution in [2.45, 2.75) is 25.1 Å². The molecule has 0 bridgehead atoms. The molecule has 1 unspecified atom stereocenters. The Bertz CT molecular complexity index is 219. The van der Waals surface area contributed by atoms with Gasteiger partial charge in [-0.05, 0) is 6.92 Å². The number of nitrogens with one attached hydrogen (secondary N) is 1. The minimum atomic E-state index is -1.21. The molecule has 0 aromatic rings. The highest BCUT2D eigenvalue weighted by atomic mass is 16.4. The van der Waals surface area contributed by atoms with E-state index in [-0.39, 0.29) is 6.54 Å². The lowest BCUT2D eigenvalue weighted by Gasteiger charge is -2.15. The van der Waals surface area contributed by atoms with Crippen molar-refractivity contribution >= 4 is 11.9 Å². The van der Waals surface area contributed by atoms with Crippen molar-refractivity contribution in [3.05, 3.63) is 0 Å². The van der Waals surface area contributed by atoms with Crippen LogP contribution in [0.3, 0.4) is 0 Å². The molecule has 14 heavy (non-hydrogen) atoms. The molecule has 82 valence electrons. The van der Waals surface area contributed by atoms with Crippen LogP contribution in [-0.4, -0.2) is 46.8 Å². The van der Waals surface area contributed by atoms with E-state index in [1.807, 2.05) is 0 Å². The number of aliphatic hydroxyl groups is 1. The minimum absolute atomic E-state index is 0.214. The number of hydrogen-bond acceptors (Lipinski definition) is 5. The zero-order chi connectivity index (χ0) is 11.3. The monoisotopic (exact) mass is 205 g/mol. The maximum atomic E-state index is 11.1. The van der Waals surface area contributed by atoms with Gasteiger partial charge in [-0.1, -0.05) is 0 Å². The van der Waals surface area contributed by atoms with Gasteiger partial charge in [0.25, 0.3) is 0 Å². The fourth-order valence-corrected chi connectivity index (χ4v) is 0.635. The lowest BCUT2D eigenvalue weighted by Crippen LogP contribution is -2.51. The molecule has 0 aliphatic rings. The summed E-state index contributed by atoms with van der Waals surface area (Å²) in [6, 6.07) is -2.24. The molecule has 0 fully saturated rings. The van der Waals surface area contributed by atoms with Crippen LogP contribution in [0.1, 0.15) is 6.92 Å². The summed E-state index contributed by atoms with van der Waals surface area (Å²) in [5, 5.41) is 19.5. The second kappa shape index (κ2) is 5.53. The fourth-order valence-electron chi connectivity index (χ4n) is 0.635. The molecule has 0 spiro atoms. The quantitative estimate of drug-likeness (QED) is 0.329. The molecule has 0 rings (SSSR count). The van der Waals surface area contributed by atoms with Crippen LogP contribution in [0, 0.1) is 0 Å². The first-order valence-corrected chi connectivity index (χ1v) is 4.06. The lowest BCUT2D eigenvalue weighted by molar-refractivity contribution is -0.138. The molecule has 0 saturated heterocycles. The van der Waals surface area contributed by atoms with Gasteiger partial charge in [-0.3, -0.25) is 9.59 Å². The van der Waals surface area contributed by atoms with Crippen molar-refractivity contribution in [2.24, 2.45) is 11.5 Å². The van der Waals surface area contributed by atoms with Crippen LogP contribution < -0.4 is 16.8 Å². The summed E-state index contributed by atoms with van der Waals surface area (Å²) < 4.78 is 0. The van der Waals surface area contributed by atoms with Gasteiger partial charge in [-0.25, -0.2) is 0 Å². The van der Waals surface area contributed by atoms with Gasteiger partial charge in [-0.15, -0.1) is 0 Å². The van der Waals surface area contributed by atoms with Crippen molar-refractivity contribution in [1.29, 1.82) is 0 Å². The highest BCUT2D eigenvalue weighted by Gasteiger charge is 2.20. The third-order valence-corrected chi connectivity index (χ3v) is 1.64. The molecule has 7 heteroatoms. The van der Waals surface area contributed by atoms with Gasteiger partial charge in [0.2, 0.25) is 5.91 Å². The van der Waals surface area contributed by atoms with Crippen LogP contribution in [-0.2, 0) is 9.59 Å². The van der Waals surface area contributed by atoms with Crippen molar-refractivity contribution in [2.75, 3.05) is 6.54 Å². The average Bonchev–Trinajstić information content (AvgIpc) is 2.11. The zero-order valence-electron chi connectivity index (χ0n) is 7.80. The SMILES string of the molecule is C[C@@H](O)[C@H](N)C(=O)NCC(N)C(=O)O. The summed E-state index contributed by atoms with van der Waals surface area (Å²) in [6.07, 6.45) is -0.990. The van der Waals surface area contributed by atoms with Gasteiger partial charge in [-0.2, -0.15) is 0 Å². The second-order valence-corrected chi connectivity index (χ2v) is 2.96. The van der Waals surface area contributed by atoms with E-state index < -0.39 is 30.1 Å². The molecule has 0 aromatic carbocycles.